The maximum absolute atomic E-state index is 12.5. The molecule has 0 radical (unpaired) electrons. The highest BCUT2D eigenvalue weighted by Gasteiger charge is 2.20. The van der Waals surface area contributed by atoms with Crippen LogP contribution in [0.2, 0.25) is 0 Å². The van der Waals surface area contributed by atoms with E-state index < -0.39 is 0 Å². The lowest BCUT2D eigenvalue weighted by Gasteiger charge is -2.27. The van der Waals surface area contributed by atoms with Crippen LogP contribution in [0.1, 0.15) is 32.6 Å². The van der Waals surface area contributed by atoms with E-state index >= 15 is 0 Å². The molecule has 1 aromatic carbocycles. The predicted molar refractivity (Wildman–Crippen MR) is 129 cm³/mol. The van der Waals surface area contributed by atoms with Crippen LogP contribution in [-0.2, 0) is 9.47 Å². The van der Waals surface area contributed by atoms with Gasteiger partial charge in [-0.1, -0.05) is 12.8 Å². The van der Waals surface area contributed by atoms with Gasteiger partial charge in [0.1, 0.15) is 35.2 Å². The Kier molecular flexibility index (Phi) is 6.87. The van der Waals surface area contributed by atoms with Crippen molar-refractivity contribution in [1.82, 2.24) is 20.2 Å². The molecule has 4 heterocycles. The summed E-state index contributed by atoms with van der Waals surface area (Å²) in [7, 11) is 0. The number of H-pyrrole nitrogens is 1. The van der Waals surface area contributed by atoms with Crippen LogP contribution in [0.3, 0.4) is 0 Å². The van der Waals surface area contributed by atoms with E-state index in [4.69, 9.17) is 19.2 Å². The lowest BCUT2D eigenvalue weighted by atomic mass is 10.2. The van der Waals surface area contributed by atoms with Crippen LogP contribution in [-0.4, -0.2) is 65.3 Å². The lowest BCUT2D eigenvalue weighted by Crippen LogP contribution is -2.37. The second-order valence-corrected chi connectivity index (χ2v) is 8.79. The zero-order valence-electron chi connectivity index (χ0n) is 19.3. The molecule has 2 atom stereocenters. The van der Waals surface area contributed by atoms with Gasteiger partial charge in [0, 0.05) is 18.8 Å². The van der Waals surface area contributed by atoms with Crippen LogP contribution >= 0.6 is 0 Å². The average Bonchev–Trinajstić information content (AvgIpc) is 3.14. The molecule has 2 fully saturated rings. The molecular weight excluding hydrogens is 436 g/mol. The lowest BCUT2D eigenvalue weighted by molar-refractivity contribution is -0.136. The maximum Gasteiger partial charge on any atom is 0.277 e. The summed E-state index contributed by atoms with van der Waals surface area (Å²) in [4.78, 5) is 24.1. The van der Waals surface area contributed by atoms with Crippen molar-refractivity contribution in [2.75, 3.05) is 43.1 Å². The van der Waals surface area contributed by atoms with E-state index in [1.807, 2.05) is 31.2 Å². The van der Waals surface area contributed by atoms with E-state index in [1.54, 1.807) is 6.20 Å². The van der Waals surface area contributed by atoms with Crippen molar-refractivity contribution in [3.05, 3.63) is 40.8 Å². The fourth-order valence-electron chi connectivity index (χ4n) is 4.19. The van der Waals surface area contributed by atoms with Crippen molar-refractivity contribution >= 4 is 28.4 Å². The second kappa shape index (κ2) is 10.4. The third-order valence-electron chi connectivity index (χ3n) is 6.08. The zero-order valence-corrected chi connectivity index (χ0v) is 19.3. The quantitative estimate of drug-likeness (QED) is 0.566. The summed E-state index contributed by atoms with van der Waals surface area (Å²) in [6.45, 7) is 5.34. The number of fused-ring (bicyclic) bond motifs is 1. The molecule has 5 rings (SSSR count). The van der Waals surface area contributed by atoms with Crippen molar-refractivity contribution in [3.8, 4) is 5.75 Å². The van der Waals surface area contributed by atoms with Crippen LogP contribution in [0.25, 0.3) is 10.9 Å². The molecule has 0 saturated carbocycles. The third kappa shape index (κ3) is 5.28. The van der Waals surface area contributed by atoms with Gasteiger partial charge in [-0.15, -0.1) is 0 Å². The smallest absolute Gasteiger partial charge is 0.277 e. The van der Waals surface area contributed by atoms with Gasteiger partial charge in [-0.25, -0.2) is 10.1 Å². The maximum atomic E-state index is 12.5. The summed E-state index contributed by atoms with van der Waals surface area (Å²) >= 11 is 0. The molecule has 180 valence electrons. The van der Waals surface area contributed by atoms with E-state index in [9.17, 15) is 4.79 Å². The molecule has 0 aliphatic carbocycles. The van der Waals surface area contributed by atoms with E-state index in [1.165, 1.54) is 12.8 Å². The largest absolute Gasteiger partial charge is 0.491 e. The first-order valence-electron chi connectivity index (χ1n) is 11.9. The molecule has 0 bridgehead atoms. The highest BCUT2D eigenvalue weighted by molar-refractivity contribution is 5.90. The normalized spacial score (nSPS) is 21.3. The number of aromatic nitrogens is 4. The molecule has 10 nitrogen and oxygen atoms in total. The minimum absolute atomic E-state index is 0.0703. The summed E-state index contributed by atoms with van der Waals surface area (Å²) in [5, 5.41) is 10.1. The van der Waals surface area contributed by atoms with Crippen LogP contribution < -0.4 is 20.5 Å². The van der Waals surface area contributed by atoms with Crippen LogP contribution in [0.5, 0.6) is 5.75 Å². The Balaban J connectivity index is 1.33. The molecule has 3 aromatic rings. The van der Waals surface area contributed by atoms with Gasteiger partial charge in [-0.2, -0.15) is 10.1 Å². The van der Waals surface area contributed by atoms with E-state index in [0.29, 0.717) is 42.5 Å². The fourth-order valence-corrected chi connectivity index (χ4v) is 4.19. The van der Waals surface area contributed by atoms with Crippen molar-refractivity contribution in [2.24, 2.45) is 0 Å². The van der Waals surface area contributed by atoms with Crippen molar-refractivity contribution in [2.45, 2.75) is 44.8 Å². The van der Waals surface area contributed by atoms with E-state index in [2.05, 4.69) is 25.4 Å². The van der Waals surface area contributed by atoms with Gasteiger partial charge in [-0.05, 0) is 44.0 Å². The zero-order chi connectivity index (χ0) is 23.3. The SMILES string of the molecule is C[C@H]1CO[C@H](COc2ccc(Nc3nc(N4CCCCCC4)nc4cn[nH]c(=O)c34)cc2)CO1. The van der Waals surface area contributed by atoms with Gasteiger partial charge >= 0.3 is 0 Å². The number of hydrogen-bond donors (Lipinski definition) is 2. The summed E-state index contributed by atoms with van der Waals surface area (Å²) in [5.74, 6) is 1.81. The number of nitrogens with zero attached hydrogens (tertiary/aromatic N) is 4. The van der Waals surface area contributed by atoms with Crippen molar-refractivity contribution in [3.63, 3.8) is 0 Å². The molecule has 2 aromatic heterocycles. The molecule has 0 spiro atoms. The highest BCUT2D eigenvalue weighted by atomic mass is 16.6. The molecule has 2 saturated heterocycles. The number of hydrogen-bond acceptors (Lipinski definition) is 9. The fraction of sp³-hybridized carbons (Fsp3) is 0.500. The Morgan fingerprint density at radius 3 is 2.62 bits per heavy atom. The Bertz CT molecular complexity index is 1150. The van der Waals surface area contributed by atoms with Gasteiger partial charge in [-0.3, -0.25) is 4.79 Å². The van der Waals surface area contributed by atoms with Gasteiger partial charge < -0.3 is 24.4 Å². The number of anilines is 3. The van der Waals surface area contributed by atoms with Crippen molar-refractivity contribution in [1.29, 1.82) is 0 Å². The van der Waals surface area contributed by atoms with Gasteiger partial charge in [0.15, 0.2) is 0 Å². The Morgan fingerprint density at radius 2 is 1.88 bits per heavy atom. The summed E-state index contributed by atoms with van der Waals surface area (Å²) in [5.41, 5.74) is 0.979. The minimum Gasteiger partial charge on any atom is -0.491 e. The van der Waals surface area contributed by atoms with Gasteiger partial charge in [0.2, 0.25) is 5.95 Å². The molecule has 34 heavy (non-hydrogen) atoms. The third-order valence-corrected chi connectivity index (χ3v) is 6.08. The standard InChI is InChI=1S/C24H30N6O4/c1-16-13-33-19(14-32-16)15-34-18-8-6-17(7-9-18)26-22-21-20(12-25-29-23(21)31)27-24(28-22)30-10-4-2-3-5-11-30/h6-9,12,16,19H,2-5,10-11,13-15H2,1H3,(H,29,31)(H,26,27,28)/t16-,19-/m0/s1. The second-order valence-electron chi connectivity index (χ2n) is 8.79. The van der Waals surface area contributed by atoms with Gasteiger partial charge in [0.05, 0.1) is 25.5 Å². The van der Waals surface area contributed by atoms with Crippen LogP contribution in [0.15, 0.2) is 35.3 Å². The molecule has 2 aliphatic rings. The first kappa shape index (κ1) is 22.5. The highest BCUT2D eigenvalue weighted by Crippen LogP contribution is 2.26. The average molecular weight is 467 g/mol. The summed E-state index contributed by atoms with van der Waals surface area (Å²) in [6, 6.07) is 7.54. The molecule has 0 unspecified atom stereocenters. The summed E-state index contributed by atoms with van der Waals surface area (Å²) in [6.07, 6.45) is 6.27. The van der Waals surface area contributed by atoms with Crippen LogP contribution in [0.4, 0.5) is 17.5 Å². The first-order chi connectivity index (χ1) is 16.7. The minimum atomic E-state index is -0.327. The Hall–Kier alpha value is -3.24. The summed E-state index contributed by atoms with van der Waals surface area (Å²) < 4.78 is 17.2. The number of benzene rings is 1. The monoisotopic (exact) mass is 466 g/mol. The van der Waals surface area contributed by atoms with E-state index in [-0.39, 0.29) is 17.8 Å². The molecule has 2 N–H and O–H groups in total. The van der Waals surface area contributed by atoms with Crippen molar-refractivity contribution < 1.29 is 14.2 Å². The molecule has 2 aliphatic heterocycles. The Morgan fingerprint density at radius 1 is 1.09 bits per heavy atom. The molecule has 0 amide bonds. The predicted octanol–water partition coefficient (Wildman–Crippen LogP) is 3.02. The van der Waals surface area contributed by atoms with Crippen LogP contribution in [0, 0.1) is 0 Å². The molecule has 10 heteroatoms. The number of nitrogens with one attached hydrogen (secondary N) is 2. The number of aromatic amines is 1. The van der Waals surface area contributed by atoms with Gasteiger partial charge in [0.25, 0.3) is 5.56 Å². The molecular formula is C24H30N6O4. The number of rotatable bonds is 6. The topological polar surface area (TPSA) is 114 Å². The Labute approximate surface area is 197 Å². The number of ether oxygens (including phenoxy) is 3. The van der Waals surface area contributed by atoms with E-state index in [0.717, 1.165) is 37.4 Å². The first-order valence-corrected chi connectivity index (χ1v) is 11.9.